The van der Waals surface area contributed by atoms with Crippen LogP contribution in [0.15, 0.2) is 18.2 Å². The van der Waals surface area contributed by atoms with Crippen LogP contribution in [-0.2, 0) is 0 Å². The molecule has 100 valence electrons. The van der Waals surface area contributed by atoms with Gasteiger partial charge in [-0.15, -0.1) is 0 Å². The Morgan fingerprint density at radius 3 is 2.50 bits per heavy atom. The van der Waals surface area contributed by atoms with Gasteiger partial charge in [-0.3, -0.25) is 0 Å². The van der Waals surface area contributed by atoms with Crippen molar-refractivity contribution in [3.8, 4) is 0 Å². The fourth-order valence-electron chi connectivity index (χ4n) is 2.38. The van der Waals surface area contributed by atoms with Crippen molar-refractivity contribution in [3.05, 3.63) is 29.6 Å². The molecule has 0 radical (unpaired) electrons. The van der Waals surface area contributed by atoms with Crippen molar-refractivity contribution >= 4 is 5.69 Å². The minimum absolute atomic E-state index is 0.125. The predicted molar refractivity (Wildman–Crippen MR) is 74.6 cm³/mol. The molecule has 1 saturated heterocycles. The Labute approximate surface area is 109 Å². The average molecular weight is 250 g/mol. The van der Waals surface area contributed by atoms with Gasteiger partial charge in [0.2, 0.25) is 0 Å². The molecule has 18 heavy (non-hydrogen) atoms. The fourth-order valence-corrected chi connectivity index (χ4v) is 2.38. The molecule has 0 atom stereocenters. The molecular weight excluding hydrogens is 227 g/mol. The van der Waals surface area contributed by atoms with Crippen LogP contribution in [0.25, 0.3) is 0 Å². The van der Waals surface area contributed by atoms with Gasteiger partial charge in [0.05, 0.1) is 5.69 Å². The molecule has 2 nitrogen and oxygen atoms in total. The smallest absolute Gasteiger partial charge is 0.146 e. The van der Waals surface area contributed by atoms with E-state index < -0.39 is 0 Å². The number of benzene rings is 1. The van der Waals surface area contributed by atoms with E-state index >= 15 is 0 Å². The summed E-state index contributed by atoms with van der Waals surface area (Å²) < 4.78 is 14.0. The van der Waals surface area contributed by atoms with Crippen LogP contribution in [0.1, 0.15) is 38.2 Å². The number of piperidine rings is 1. The maximum atomic E-state index is 14.0. The van der Waals surface area contributed by atoms with Gasteiger partial charge in [-0.1, -0.05) is 19.9 Å². The lowest BCUT2D eigenvalue weighted by Gasteiger charge is -2.30. The molecule has 1 N–H and O–H groups in total. The SMILES string of the molecule is CC(C)c1ccc(NC2CCN(C)CC2)c(F)c1. The number of nitrogens with zero attached hydrogens (tertiary/aromatic N) is 1. The third-order valence-electron chi connectivity index (χ3n) is 3.74. The first-order valence-corrected chi connectivity index (χ1v) is 6.81. The van der Waals surface area contributed by atoms with E-state index in [-0.39, 0.29) is 5.82 Å². The number of hydrogen-bond acceptors (Lipinski definition) is 2. The molecule has 0 spiro atoms. The maximum absolute atomic E-state index is 14.0. The number of anilines is 1. The van der Waals surface area contributed by atoms with E-state index in [1.807, 2.05) is 12.1 Å². The third kappa shape index (κ3) is 3.22. The molecule has 0 amide bonds. The van der Waals surface area contributed by atoms with Crippen LogP contribution in [0.3, 0.4) is 0 Å². The highest BCUT2D eigenvalue weighted by molar-refractivity contribution is 5.47. The zero-order valence-electron chi connectivity index (χ0n) is 11.5. The Hall–Kier alpha value is -1.09. The summed E-state index contributed by atoms with van der Waals surface area (Å²) in [4.78, 5) is 2.32. The van der Waals surface area contributed by atoms with Crippen molar-refractivity contribution in [2.75, 3.05) is 25.5 Å². The lowest BCUT2D eigenvalue weighted by atomic mass is 10.0. The summed E-state index contributed by atoms with van der Waals surface area (Å²) >= 11 is 0. The first-order chi connectivity index (χ1) is 8.56. The molecule has 0 aliphatic carbocycles. The summed E-state index contributed by atoms with van der Waals surface area (Å²) in [5.74, 6) is 0.247. The van der Waals surface area contributed by atoms with E-state index in [1.165, 1.54) is 0 Å². The van der Waals surface area contributed by atoms with E-state index in [9.17, 15) is 4.39 Å². The lowest BCUT2D eigenvalue weighted by Crippen LogP contribution is -2.36. The normalized spacial score (nSPS) is 18.3. The van der Waals surface area contributed by atoms with Crippen LogP contribution < -0.4 is 5.32 Å². The number of nitrogens with one attached hydrogen (secondary N) is 1. The van der Waals surface area contributed by atoms with Gasteiger partial charge < -0.3 is 10.2 Å². The highest BCUT2D eigenvalue weighted by Gasteiger charge is 2.17. The first kappa shape index (κ1) is 13.3. The van der Waals surface area contributed by atoms with Gasteiger partial charge in [0, 0.05) is 6.04 Å². The van der Waals surface area contributed by atoms with Crippen molar-refractivity contribution in [2.24, 2.45) is 0 Å². The molecule has 1 aromatic carbocycles. The Morgan fingerprint density at radius 2 is 1.94 bits per heavy atom. The summed E-state index contributed by atoms with van der Waals surface area (Å²) in [6, 6.07) is 5.95. The lowest BCUT2D eigenvalue weighted by molar-refractivity contribution is 0.263. The Bertz CT molecular complexity index is 395. The zero-order valence-corrected chi connectivity index (χ0v) is 11.5. The van der Waals surface area contributed by atoms with Crippen LogP contribution in [0, 0.1) is 5.82 Å². The van der Waals surface area contributed by atoms with Crippen LogP contribution in [-0.4, -0.2) is 31.1 Å². The minimum atomic E-state index is -0.125. The predicted octanol–water partition coefficient (Wildman–Crippen LogP) is 3.46. The zero-order chi connectivity index (χ0) is 13.1. The van der Waals surface area contributed by atoms with E-state index in [0.717, 1.165) is 31.5 Å². The number of halogens is 1. The topological polar surface area (TPSA) is 15.3 Å². The first-order valence-electron chi connectivity index (χ1n) is 6.81. The molecule has 0 saturated carbocycles. The average Bonchev–Trinajstić information content (AvgIpc) is 2.34. The molecule has 0 aromatic heterocycles. The molecule has 1 aromatic rings. The molecule has 1 fully saturated rings. The highest BCUT2D eigenvalue weighted by Crippen LogP contribution is 2.23. The Morgan fingerprint density at radius 1 is 1.28 bits per heavy atom. The van der Waals surface area contributed by atoms with Crippen molar-refractivity contribution in [1.82, 2.24) is 4.90 Å². The molecular formula is C15H23FN2. The molecule has 0 bridgehead atoms. The molecule has 1 aliphatic heterocycles. The molecule has 1 heterocycles. The standard InChI is InChI=1S/C15H23FN2/c1-11(2)12-4-5-15(14(16)10-12)17-13-6-8-18(3)9-7-13/h4-5,10-11,13,17H,6-9H2,1-3H3. The van der Waals surface area contributed by atoms with E-state index in [0.29, 0.717) is 17.6 Å². The number of likely N-dealkylation sites (tertiary alicyclic amines) is 1. The molecule has 0 unspecified atom stereocenters. The number of hydrogen-bond donors (Lipinski definition) is 1. The maximum Gasteiger partial charge on any atom is 0.146 e. The van der Waals surface area contributed by atoms with Gasteiger partial charge in [-0.05, 0) is 56.6 Å². The van der Waals surface area contributed by atoms with E-state index in [1.54, 1.807) is 6.07 Å². The minimum Gasteiger partial charge on any atom is -0.380 e. The summed E-state index contributed by atoms with van der Waals surface area (Å²) in [5, 5.41) is 3.33. The van der Waals surface area contributed by atoms with Crippen molar-refractivity contribution in [2.45, 2.75) is 38.6 Å². The van der Waals surface area contributed by atoms with Gasteiger partial charge in [0.25, 0.3) is 0 Å². The van der Waals surface area contributed by atoms with Gasteiger partial charge in [0.1, 0.15) is 5.82 Å². The van der Waals surface area contributed by atoms with Crippen LogP contribution in [0.2, 0.25) is 0 Å². The molecule has 2 rings (SSSR count). The second kappa shape index (κ2) is 5.70. The summed E-state index contributed by atoms with van der Waals surface area (Å²) in [7, 11) is 2.13. The molecule has 3 heteroatoms. The Kier molecular flexibility index (Phi) is 4.23. The monoisotopic (exact) mass is 250 g/mol. The summed E-state index contributed by atoms with van der Waals surface area (Å²) in [5.41, 5.74) is 1.70. The van der Waals surface area contributed by atoms with Crippen LogP contribution in [0.4, 0.5) is 10.1 Å². The highest BCUT2D eigenvalue weighted by atomic mass is 19.1. The van der Waals surface area contributed by atoms with Crippen molar-refractivity contribution in [3.63, 3.8) is 0 Å². The summed E-state index contributed by atoms with van der Waals surface area (Å²) in [6.07, 6.45) is 2.17. The third-order valence-corrected chi connectivity index (χ3v) is 3.74. The van der Waals surface area contributed by atoms with Gasteiger partial charge in [0.15, 0.2) is 0 Å². The van der Waals surface area contributed by atoms with Crippen molar-refractivity contribution < 1.29 is 4.39 Å². The van der Waals surface area contributed by atoms with E-state index in [2.05, 4.69) is 31.1 Å². The Balaban J connectivity index is 2.01. The van der Waals surface area contributed by atoms with Gasteiger partial charge in [-0.25, -0.2) is 4.39 Å². The summed E-state index contributed by atoms with van der Waals surface area (Å²) in [6.45, 7) is 6.34. The van der Waals surface area contributed by atoms with Gasteiger partial charge >= 0.3 is 0 Å². The van der Waals surface area contributed by atoms with E-state index in [4.69, 9.17) is 0 Å². The largest absolute Gasteiger partial charge is 0.380 e. The second-order valence-electron chi connectivity index (χ2n) is 5.62. The second-order valence-corrected chi connectivity index (χ2v) is 5.62. The molecule has 1 aliphatic rings. The van der Waals surface area contributed by atoms with Gasteiger partial charge in [-0.2, -0.15) is 0 Å². The van der Waals surface area contributed by atoms with Crippen LogP contribution in [0.5, 0.6) is 0 Å². The van der Waals surface area contributed by atoms with Crippen molar-refractivity contribution in [1.29, 1.82) is 0 Å². The number of rotatable bonds is 3. The fraction of sp³-hybridized carbons (Fsp3) is 0.600. The van der Waals surface area contributed by atoms with Crippen LogP contribution >= 0.6 is 0 Å². The quantitative estimate of drug-likeness (QED) is 0.884.